The first-order chi connectivity index (χ1) is 9.49. The van der Waals surface area contributed by atoms with Crippen LogP contribution in [0.5, 0.6) is 0 Å². The van der Waals surface area contributed by atoms with Crippen LogP contribution in [0.3, 0.4) is 0 Å². The summed E-state index contributed by atoms with van der Waals surface area (Å²) < 4.78 is 75.8. The van der Waals surface area contributed by atoms with Crippen molar-refractivity contribution < 1.29 is 26.0 Å². The quantitative estimate of drug-likeness (QED) is 0.668. The summed E-state index contributed by atoms with van der Waals surface area (Å²) in [5.41, 5.74) is 4.88. The van der Waals surface area contributed by atoms with Gasteiger partial charge in [-0.15, -0.1) is 0 Å². The molecule has 2 N–H and O–H groups in total. The zero-order valence-electron chi connectivity index (χ0n) is 11.5. The number of nitrogens with two attached hydrogens (primary N) is 1. The molecule has 0 heterocycles. The van der Waals surface area contributed by atoms with E-state index in [4.69, 9.17) is 5.73 Å². The molecule has 1 rings (SSSR count). The summed E-state index contributed by atoms with van der Waals surface area (Å²) >= 11 is 0. The second-order valence-electron chi connectivity index (χ2n) is 4.59. The smallest absolute Gasteiger partial charge is 0.396 e. The van der Waals surface area contributed by atoms with E-state index in [0.717, 1.165) is 12.1 Å². The molecule has 0 fully saturated rings. The molecule has 0 saturated carbocycles. The minimum atomic E-state index is -4.66. The SMILES string of the molecule is CCCN(CC(F)(F)F)S(=O)(=O)c1cc(N)c(F)cc1C. The van der Waals surface area contributed by atoms with E-state index in [1.54, 1.807) is 6.92 Å². The zero-order valence-corrected chi connectivity index (χ0v) is 12.4. The van der Waals surface area contributed by atoms with Gasteiger partial charge in [0.1, 0.15) is 12.4 Å². The van der Waals surface area contributed by atoms with Crippen LogP contribution < -0.4 is 5.73 Å². The standard InChI is InChI=1S/C12H16F4N2O2S/c1-3-4-18(7-12(14,15)16)21(19,20)11-6-10(17)9(13)5-8(11)2/h5-6H,3-4,7,17H2,1-2H3. The van der Waals surface area contributed by atoms with Crippen molar-refractivity contribution in [1.82, 2.24) is 4.31 Å². The van der Waals surface area contributed by atoms with Crippen molar-refractivity contribution in [2.45, 2.75) is 31.3 Å². The molecule has 0 amide bonds. The summed E-state index contributed by atoms with van der Waals surface area (Å²) in [6.45, 7) is 0.969. The normalized spacial score (nSPS) is 12.9. The van der Waals surface area contributed by atoms with Crippen molar-refractivity contribution >= 4 is 15.7 Å². The van der Waals surface area contributed by atoms with Crippen molar-refractivity contribution in [2.24, 2.45) is 0 Å². The fourth-order valence-corrected chi connectivity index (χ4v) is 3.58. The van der Waals surface area contributed by atoms with Crippen molar-refractivity contribution in [3.63, 3.8) is 0 Å². The summed E-state index contributed by atoms with van der Waals surface area (Å²) in [6.07, 6.45) is -4.45. The predicted molar refractivity (Wildman–Crippen MR) is 70.7 cm³/mol. The molecule has 0 saturated heterocycles. The lowest BCUT2D eigenvalue weighted by atomic mass is 10.2. The van der Waals surface area contributed by atoms with Crippen LogP contribution in [-0.2, 0) is 10.0 Å². The maximum atomic E-state index is 13.3. The number of hydrogen-bond acceptors (Lipinski definition) is 3. The van der Waals surface area contributed by atoms with E-state index >= 15 is 0 Å². The summed E-state index contributed by atoms with van der Waals surface area (Å²) in [5, 5.41) is 0. The van der Waals surface area contributed by atoms with Crippen LogP contribution in [0.25, 0.3) is 0 Å². The maximum absolute atomic E-state index is 13.3. The third-order valence-corrected chi connectivity index (χ3v) is 4.73. The number of alkyl halides is 3. The number of nitrogens with zero attached hydrogens (tertiary/aromatic N) is 1. The molecule has 0 atom stereocenters. The molecule has 4 nitrogen and oxygen atoms in total. The Morgan fingerprint density at radius 1 is 1.29 bits per heavy atom. The van der Waals surface area contributed by atoms with E-state index in [0.29, 0.717) is 4.31 Å². The number of sulfonamides is 1. The molecule has 21 heavy (non-hydrogen) atoms. The molecular formula is C12H16F4N2O2S. The van der Waals surface area contributed by atoms with Crippen LogP contribution in [0.15, 0.2) is 17.0 Å². The summed E-state index contributed by atoms with van der Waals surface area (Å²) in [7, 11) is -4.40. The molecule has 0 aliphatic rings. The predicted octanol–water partition coefficient (Wildman–Crippen LogP) is 2.68. The molecule has 0 aliphatic carbocycles. The van der Waals surface area contributed by atoms with E-state index in [2.05, 4.69) is 0 Å². The number of nitrogen functional groups attached to an aromatic ring is 1. The first-order valence-corrected chi connectivity index (χ1v) is 7.55. The maximum Gasteiger partial charge on any atom is 0.402 e. The highest BCUT2D eigenvalue weighted by molar-refractivity contribution is 7.89. The largest absolute Gasteiger partial charge is 0.402 e. The van der Waals surface area contributed by atoms with E-state index < -0.39 is 39.1 Å². The molecular weight excluding hydrogens is 312 g/mol. The van der Waals surface area contributed by atoms with Crippen molar-refractivity contribution in [3.8, 4) is 0 Å². The van der Waals surface area contributed by atoms with Crippen LogP contribution in [0.1, 0.15) is 18.9 Å². The van der Waals surface area contributed by atoms with Crippen LogP contribution in [0.4, 0.5) is 23.2 Å². The van der Waals surface area contributed by atoms with Gasteiger partial charge in [0, 0.05) is 6.54 Å². The number of hydrogen-bond donors (Lipinski definition) is 1. The fourth-order valence-electron chi connectivity index (χ4n) is 1.82. The first-order valence-electron chi connectivity index (χ1n) is 6.11. The Morgan fingerprint density at radius 2 is 1.86 bits per heavy atom. The van der Waals surface area contributed by atoms with Gasteiger partial charge in [-0.2, -0.15) is 17.5 Å². The van der Waals surface area contributed by atoms with Gasteiger partial charge in [-0.3, -0.25) is 0 Å². The lowest BCUT2D eigenvalue weighted by molar-refractivity contribution is -0.136. The molecule has 0 bridgehead atoms. The second-order valence-corrected chi connectivity index (χ2v) is 6.50. The molecule has 9 heteroatoms. The highest BCUT2D eigenvalue weighted by Gasteiger charge is 2.37. The summed E-state index contributed by atoms with van der Waals surface area (Å²) in [4.78, 5) is -0.418. The third kappa shape index (κ3) is 4.31. The van der Waals surface area contributed by atoms with Gasteiger partial charge in [0.2, 0.25) is 10.0 Å². The van der Waals surface area contributed by atoms with Gasteiger partial charge >= 0.3 is 6.18 Å². The van der Waals surface area contributed by atoms with Crippen LogP contribution in [0, 0.1) is 12.7 Å². The van der Waals surface area contributed by atoms with Gasteiger partial charge in [-0.1, -0.05) is 6.92 Å². The monoisotopic (exact) mass is 328 g/mol. The Morgan fingerprint density at radius 3 is 2.33 bits per heavy atom. The van der Waals surface area contributed by atoms with E-state index in [1.165, 1.54) is 6.92 Å². The number of anilines is 1. The molecule has 0 aliphatic heterocycles. The number of benzene rings is 1. The molecule has 0 unspecified atom stereocenters. The Kier molecular flexibility index (Phi) is 5.21. The minimum absolute atomic E-state index is 0.00461. The third-order valence-electron chi connectivity index (χ3n) is 2.74. The molecule has 0 radical (unpaired) electrons. The first kappa shape index (κ1) is 17.7. The highest BCUT2D eigenvalue weighted by Crippen LogP contribution is 2.27. The lowest BCUT2D eigenvalue weighted by Gasteiger charge is -2.24. The molecule has 120 valence electrons. The molecule has 1 aromatic carbocycles. The van der Waals surface area contributed by atoms with E-state index in [-0.39, 0.29) is 18.5 Å². The van der Waals surface area contributed by atoms with Gasteiger partial charge in [0.05, 0.1) is 10.6 Å². The molecule has 1 aromatic rings. The van der Waals surface area contributed by atoms with Gasteiger partial charge in [-0.05, 0) is 31.0 Å². The topological polar surface area (TPSA) is 63.4 Å². The minimum Gasteiger partial charge on any atom is -0.396 e. The number of aryl methyl sites for hydroxylation is 1. The fraction of sp³-hybridized carbons (Fsp3) is 0.500. The average Bonchev–Trinajstić information content (AvgIpc) is 2.31. The highest BCUT2D eigenvalue weighted by atomic mass is 32.2. The Labute approximate surface area is 120 Å². The van der Waals surface area contributed by atoms with Crippen molar-refractivity contribution in [2.75, 3.05) is 18.8 Å². The Bertz CT molecular complexity index is 614. The van der Waals surface area contributed by atoms with Gasteiger partial charge in [0.25, 0.3) is 0 Å². The second kappa shape index (κ2) is 6.18. The van der Waals surface area contributed by atoms with Crippen LogP contribution in [-0.4, -0.2) is 32.0 Å². The number of rotatable bonds is 5. The summed E-state index contributed by atoms with van der Waals surface area (Å²) in [5.74, 6) is -0.815. The lowest BCUT2D eigenvalue weighted by Crippen LogP contribution is -2.39. The Hall–Kier alpha value is -1.35. The van der Waals surface area contributed by atoms with Crippen molar-refractivity contribution in [1.29, 1.82) is 0 Å². The Balaban J connectivity index is 3.32. The van der Waals surface area contributed by atoms with Crippen molar-refractivity contribution in [3.05, 3.63) is 23.5 Å². The van der Waals surface area contributed by atoms with Gasteiger partial charge < -0.3 is 5.73 Å². The molecule has 0 aromatic heterocycles. The van der Waals surface area contributed by atoms with Crippen LogP contribution in [0.2, 0.25) is 0 Å². The molecule has 0 spiro atoms. The van der Waals surface area contributed by atoms with Gasteiger partial charge in [-0.25, -0.2) is 12.8 Å². The number of halogens is 4. The average molecular weight is 328 g/mol. The van der Waals surface area contributed by atoms with E-state index in [9.17, 15) is 26.0 Å². The van der Waals surface area contributed by atoms with Gasteiger partial charge in [0.15, 0.2) is 0 Å². The van der Waals surface area contributed by atoms with E-state index in [1.807, 2.05) is 0 Å². The zero-order chi connectivity index (χ0) is 16.4. The summed E-state index contributed by atoms with van der Waals surface area (Å²) in [6, 6.07) is 1.74. The van der Waals surface area contributed by atoms with Crippen LogP contribution >= 0.6 is 0 Å².